The number of hydrogen-bond donors (Lipinski definition) is 1. The maximum atomic E-state index is 11.9. The third-order valence-electron chi connectivity index (χ3n) is 3.08. The highest BCUT2D eigenvalue weighted by Crippen LogP contribution is 2.23. The van der Waals surface area contributed by atoms with E-state index in [2.05, 4.69) is 10.4 Å². The maximum Gasteiger partial charge on any atom is 0.390 e. The molecule has 1 amide bonds. The zero-order chi connectivity index (χ0) is 17.0. The minimum atomic E-state index is -0.614. The van der Waals surface area contributed by atoms with Gasteiger partial charge in [-0.2, -0.15) is 4.68 Å². The molecule has 0 radical (unpaired) electrons. The SMILES string of the molecule is Cc1cc([N+](=O)[O-])nn1CCC(=O)Nc1ccccc1[N+](=O)[O-]. The van der Waals surface area contributed by atoms with Gasteiger partial charge in [-0.05, 0) is 17.9 Å². The Bertz CT molecular complexity index is 770. The number of aryl methyl sites for hydroxylation is 2. The van der Waals surface area contributed by atoms with Crippen LogP contribution in [-0.4, -0.2) is 25.5 Å². The second-order valence-corrected chi connectivity index (χ2v) is 4.70. The highest BCUT2D eigenvalue weighted by Gasteiger charge is 2.18. The van der Waals surface area contributed by atoms with E-state index < -0.39 is 15.8 Å². The molecule has 1 aromatic carbocycles. The van der Waals surface area contributed by atoms with Crippen molar-refractivity contribution in [3.63, 3.8) is 0 Å². The lowest BCUT2D eigenvalue weighted by atomic mass is 10.2. The highest BCUT2D eigenvalue weighted by atomic mass is 16.6. The number of nitro benzene ring substituents is 1. The van der Waals surface area contributed by atoms with Gasteiger partial charge < -0.3 is 15.4 Å². The molecule has 2 rings (SSSR count). The van der Waals surface area contributed by atoms with Crippen LogP contribution in [0.4, 0.5) is 17.2 Å². The van der Waals surface area contributed by atoms with Gasteiger partial charge in [0.1, 0.15) is 5.69 Å². The molecule has 0 aliphatic rings. The Labute approximate surface area is 130 Å². The molecule has 0 spiro atoms. The molecule has 0 fully saturated rings. The van der Waals surface area contributed by atoms with Gasteiger partial charge in [-0.15, -0.1) is 0 Å². The summed E-state index contributed by atoms with van der Waals surface area (Å²) in [4.78, 5) is 32.2. The minimum Gasteiger partial charge on any atom is -0.358 e. The van der Waals surface area contributed by atoms with Gasteiger partial charge in [-0.25, -0.2) is 0 Å². The maximum absolute atomic E-state index is 11.9. The fraction of sp³-hybridized carbons (Fsp3) is 0.231. The standard InChI is InChI=1S/C13H13N5O5/c1-9-8-12(18(22)23)15-16(9)7-6-13(19)14-10-4-2-3-5-11(10)17(20)21/h2-5,8H,6-7H2,1H3,(H,14,19). The van der Waals surface area contributed by atoms with Crippen molar-refractivity contribution in [2.45, 2.75) is 19.9 Å². The zero-order valence-electron chi connectivity index (χ0n) is 12.1. The van der Waals surface area contributed by atoms with Gasteiger partial charge in [-0.1, -0.05) is 12.1 Å². The molecule has 0 saturated carbocycles. The van der Waals surface area contributed by atoms with Crippen molar-refractivity contribution in [2.75, 3.05) is 5.32 Å². The molecule has 120 valence electrons. The second-order valence-electron chi connectivity index (χ2n) is 4.70. The number of nitrogens with one attached hydrogen (secondary N) is 1. The Morgan fingerprint density at radius 3 is 2.57 bits per heavy atom. The lowest BCUT2D eigenvalue weighted by Crippen LogP contribution is -2.16. The fourth-order valence-corrected chi connectivity index (χ4v) is 1.97. The van der Waals surface area contributed by atoms with Gasteiger partial charge >= 0.3 is 5.82 Å². The molecule has 1 N–H and O–H groups in total. The summed E-state index contributed by atoms with van der Waals surface area (Å²) in [5, 5.41) is 27.7. The first kappa shape index (κ1) is 16.1. The largest absolute Gasteiger partial charge is 0.390 e. The van der Waals surface area contributed by atoms with E-state index in [-0.39, 0.29) is 30.2 Å². The summed E-state index contributed by atoms with van der Waals surface area (Å²) in [5.41, 5.74) is 0.451. The van der Waals surface area contributed by atoms with Crippen molar-refractivity contribution in [3.8, 4) is 0 Å². The Hall–Kier alpha value is -3.30. The van der Waals surface area contributed by atoms with Crippen LogP contribution in [-0.2, 0) is 11.3 Å². The lowest BCUT2D eigenvalue weighted by molar-refractivity contribution is -0.389. The number of rotatable bonds is 6. The number of nitrogens with zero attached hydrogens (tertiary/aromatic N) is 4. The topological polar surface area (TPSA) is 133 Å². The summed E-state index contributed by atoms with van der Waals surface area (Å²) in [6, 6.07) is 7.10. The van der Waals surface area contributed by atoms with Crippen molar-refractivity contribution in [3.05, 3.63) is 56.3 Å². The number of benzene rings is 1. The molecule has 23 heavy (non-hydrogen) atoms. The molecule has 0 aliphatic carbocycles. The number of hydrogen-bond acceptors (Lipinski definition) is 6. The molecule has 0 atom stereocenters. The van der Waals surface area contributed by atoms with Gasteiger partial charge in [0.15, 0.2) is 0 Å². The van der Waals surface area contributed by atoms with Crippen molar-refractivity contribution >= 4 is 23.1 Å². The minimum absolute atomic E-state index is 0.0221. The number of amides is 1. The summed E-state index contributed by atoms with van der Waals surface area (Å²) < 4.78 is 1.34. The second kappa shape index (κ2) is 6.64. The first-order chi connectivity index (χ1) is 10.9. The van der Waals surface area contributed by atoms with Crippen LogP contribution in [0.1, 0.15) is 12.1 Å². The third-order valence-corrected chi connectivity index (χ3v) is 3.08. The monoisotopic (exact) mass is 319 g/mol. The van der Waals surface area contributed by atoms with E-state index in [1.165, 1.54) is 28.9 Å². The van der Waals surface area contributed by atoms with E-state index in [1.807, 2.05) is 0 Å². The van der Waals surface area contributed by atoms with Crippen molar-refractivity contribution < 1.29 is 14.6 Å². The summed E-state index contributed by atoms with van der Waals surface area (Å²) in [6.07, 6.45) is -0.0221. The summed E-state index contributed by atoms with van der Waals surface area (Å²) in [7, 11) is 0. The smallest absolute Gasteiger partial charge is 0.358 e. The number of carbonyl (C=O) groups is 1. The van der Waals surface area contributed by atoms with Crippen LogP contribution in [0.25, 0.3) is 0 Å². The van der Waals surface area contributed by atoms with Gasteiger partial charge in [0.2, 0.25) is 5.91 Å². The van der Waals surface area contributed by atoms with E-state index in [4.69, 9.17) is 0 Å². The van der Waals surface area contributed by atoms with Crippen LogP contribution in [0, 0.1) is 27.2 Å². The van der Waals surface area contributed by atoms with Crippen LogP contribution < -0.4 is 5.32 Å². The average molecular weight is 319 g/mol. The Balaban J connectivity index is 2.01. The van der Waals surface area contributed by atoms with Gasteiger partial charge in [-0.3, -0.25) is 14.9 Å². The zero-order valence-corrected chi connectivity index (χ0v) is 12.1. The molecule has 1 heterocycles. The van der Waals surface area contributed by atoms with E-state index in [1.54, 1.807) is 13.0 Å². The summed E-state index contributed by atoms with van der Waals surface area (Å²) in [6.45, 7) is 1.77. The molecule has 0 saturated heterocycles. The number of nitro groups is 2. The van der Waals surface area contributed by atoms with Crippen molar-refractivity contribution in [2.24, 2.45) is 0 Å². The predicted octanol–water partition coefficient (Wildman–Crippen LogP) is 2.04. The van der Waals surface area contributed by atoms with E-state index >= 15 is 0 Å². The van der Waals surface area contributed by atoms with Crippen LogP contribution >= 0.6 is 0 Å². The van der Waals surface area contributed by atoms with Crippen LogP contribution in [0.5, 0.6) is 0 Å². The van der Waals surface area contributed by atoms with Crippen LogP contribution in [0.3, 0.4) is 0 Å². The van der Waals surface area contributed by atoms with Gasteiger partial charge in [0.05, 0.1) is 28.3 Å². The van der Waals surface area contributed by atoms with E-state index in [9.17, 15) is 25.0 Å². The van der Waals surface area contributed by atoms with Crippen LogP contribution in [0.2, 0.25) is 0 Å². The molecular formula is C13H13N5O5. The first-order valence-corrected chi connectivity index (χ1v) is 6.60. The van der Waals surface area contributed by atoms with Gasteiger partial charge in [0.25, 0.3) is 5.69 Å². The summed E-state index contributed by atoms with van der Waals surface area (Å²) >= 11 is 0. The Morgan fingerprint density at radius 2 is 1.96 bits per heavy atom. The molecule has 2 aromatic rings. The highest BCUT2D eigenvalue weighted by molar-refractivity contribution is 5.92. The quantitative estimate of drug-likeness (QED) is 0.639. The van der Waals surface area contributed by atoms with Crippen molar-refractivity contribution in [1.29, 1.82) is 0 Å². The molecule has 0 aliphatic heterocycles. The number of carbonyl (C=O) groups excluding carboxylic acids is 1. The average Bonchev–Trinajstić information content (AvgIpc) is 2.87. The normalized spacial score (nSPS) is 10.3. The van der Waals surface area contributed by atoms with E-state index in [0.29, 0.717) is 5.69 Å². The molecule has 10 nitrogen and oxygen atoms in total. The van der Waals surface area contributed by atoms with Crippen molar-refractivity contribution in [1.82, 2.24) is 9.78 Å². The number of aromatic nitrogens is 2. The van der Waals surface area contributed by atoms with Gasteiger partial charge in [0, 0.05) is 12.5 Å². The Kier molecular flexibility index (Phi) is 4.64. The molecular weight excluding hydrogens is 306 g/mol. The predicted molar refractivity (Wildman–Crippen MR) is 80.0 cm³/mol. The first-order valence-electron chi connectivity index (χ1n) is 6.60. The summed E-state index contributed by atoms with van der Waals surface area (Å²) in [5.74, 6) is -0.738. The number of para-hydroxylation sites is 2. The lowest BCUT2D eigenvalue weighted by Gasteiger charge is -2.05. The van der Waals surface area contributed by atoms with E-state index in [0.717, 1.165) is 0 Å². The van der Waals surface area contributed by atoms with Crippen LogP contribution in [0.15, 0.2) is 30.3 Å². The molecule has 1 aromatic heterocycles. The third kappa shape index (κ3) is 3.87. The Morgan fingerprint density at radius 1 is 1.26 bits per heavy atom. The number of anilines is 1. The molecule has 0 unspecified atom stereocenters. The molecule has 10 heteroatoms. The molecule has 0 bridgehead atoms. The fourth-order valence-electron chi connectivity index (χ4n) is 1.97.